The van der Waals surface area contributed by atoms with Crippen LogP contribution in [-0.2, 0) is 0 Å². The second kappa shape index (κ2) is 6.37. The van der Waals surface area contributed by atoms with E-state index in [-0.39, 0.29) is 11.8 Å². The van der Waals surface area contributed by atoms with Crippen LogP contribution < -0.4 is 10.2 Å². The van der Waals surface area contributed by atoms with E-state index < -0.39 is 11.5 Å². The molecule has 2 aliphatic heterocycles. The van der Waals surface area contributed by atoms with Crippen molar-refractivity contribution in [3.8, 4) is 0 Å². The number of aryl methyl sites for hydroxylation is 1. The summed E-state index contributed by atoms with van der Waals surface area (Å²) in [5.74, 6) is -0.673. The van der Waals surface area contributed by atoms with Crippen molar-refractivity contribution in [1.29, 1.82) is 0 Å². The van der Waals surface area contributed by atoms with Crippen LogP contribution in [0, 0.1) is 12.7 Å². The highest BCUT2D eigenvalue weighted by atomic mass is 19.1. The van der Waals surface area contributed by atoms with Gasteiger partial charge in [-0.2, -0.15) is 0 Å². The maximum Gasteiger partial charge on any atom is 0.255 e. The number of likely N-dealkylation sites (tertiary alicyclic amines) is 1. The molecule has 6 heteroatoms. The summed E-state index contributed by atoms with van der Waals surface area (Å²) in [7, 11) is 1.91. The summed E-state index contributed by atoms with van der Waals surface area (Å²) in [5.41, 5.74) is 2.26. The van der Waals surface area contributed by atoms with Crippen LogP contribution in [0.15, 0.2) is 42.5 Å². The number of rotatable bonds is 1. The second-order valence-electron chi connectivity index (χ2n) is 7.37. The second-order valence-corrected chi connectivity index (χ2v) is 7.37. The molecule has 0 aliphatic carbocycles. The van der Waals surface area contributed by atoms with Crippen molar-refractivity contribution in [2.45, 2.75) is 25.4 Å². The van der Waals surface area contributed by atoms with Gasteiger partial charge in [0.1, 0.15) is 11.5 Å². The van der Waals surface area contributed by atoms with E-state index in [1.165, 1.54) is 12.1 Å². The summed E-state index contributed by atoms with van der Waals surface area (Å²) >= 11 is 0. The molecule has 0 radical (unpaired) electrons. The van der Waals surface area contributed by atoms with Crippen LogP contribution in [0.2, 0.25) is 0 Å². The van der Waals surface area contributed by atoms with Crippen LogP contribution >= 0.6 is 0 Å². The number of fused-ring (bicyclic) bond motifs is 1. The molecule has 1 spiro atoms. The average molecular weight is 367 g/mol. The Labute approximate surface area is 157 Å². The molecule has 0 bridgehead atoms. The molecule has 2 aromatic rings. The molecule has 0 atom stereocenters. The predicted molar refractivity (Wildman–Crippen MR) is 101 cm³/mol. The first kappa shape index (κ1) is 17.5. The Morgan fingerprint density at radius 3 is 2.59 bits per heavy atom. The fraction of sp³-hybridized carbons (Fsp3) is 0.333. The summed E-state index contributed by atoms with van der Waals surface area (Å²) in [6.45, 7) is 3.07. The van der Waals surface area contributed by atoms with Gasteiger partial charge in [-0.15, -0.1) is 0 Å². The molecule has 1 fully saturated rings. The smallest absolute Gasteiger partial charge is 0.255 e. The minimum absolute atomic E-state index is 0.0146. The number of halogens is 1. The van der Waals surface area contributed by atoms with Gasteiger partial charge >= 0.3 is 0 Å². The van der Waals surface area contributed by atoms with Crippen molar-refractivity contribution >= 4 is 17.5 Å². The lowest BCUT2D eigenvalue weighted by molar-refractivity contribution is 0.0609. The monoisotopic (exact) mass is 367 g/mol. The molecule has 27 heavy (non-hydrogen) atoms. The van der Waals surface area contributed by atoms with Crippen molar-refractivity contribution in [2.75, 3.05) is 25.0 Å². The molecule has 140 valence electrons. The van der Waals surface area contributed by atoms with Crippen molar-refractivity contribution in [3.63, 3.8) is 0 Å². The van der Waals surface area contributed by atoms with E-state index in [0.717, 1.165) is 11.3 Å². The first-order chi connectivity index (χ1) is 12.9. The summed E-state index contributed by atoms with van der Waals surface area (Å²) in [6, 6.07) is 11.9. The lowest BCUT2D eigenvalue weighted by Gasteiger charge is -2.51. The fourth-order valence-electron chi connectivity index (χ4n) is 4.08. The zero-order valence-electron chi connectivity index (χ0n) is 15.5. The van der Waals surface area contributed by atoms with Crippen molar-refractivity contribution in [2.24, 2.45) is 0 Å². The van der Waals surface area contributed by atoms with Crippen LogP contribution in [0.1, 0.15) is 39.1 Å². The predicted octanol–water partition coefficient (Wildman–Crippen LogP) is 2.95. The number of benzene rings is 2. The standard InChI is InChI=1S/C21H22FN3O2/c1-14-4-3-5-15(12-14)20(27)25-10-8-21(9-11-25)23-19(26)17-13-16(22)6-7-18(17)24(21)2/h3-7,12-13H,8-11H2,1-2H3,(H,23,26). The highest BCUT2D eigenvalue weighted by molar-refractivity contribution is 6.02. The van der Waals surface area contributed by atoms with E-state index in [1.807, 2.05) is 48.0 Å². The highest BCUT2D eigenvalue weighted by Gasteiger charge is 2.44. The van der Waals surface area contributed by atoms with Crippen LogP contribution in [0.5, 0.6) is 0 Å². The number of hydrogen-bond donors (Lipinski definition) is 1. The Morgan fingerprint density at radius 1 is 1.15 bits per heavy atom. The van der Waals surface area contributed by atoms with Gasteiger partial charge in [-0.1, -0.05) is 17.7 Å². The first-order valence-electron chi connectivity index (χ1n) is 9.11. The van der Waals surface area contributed by atoms with E-state index in [0.29, 0.717) is 37.1 Å². The Balaban J connectivity index is 1.54. The molecule has 1 N–H and O–H groups in total. The van der Waals surface area contributed by atoms with Crippen LogP contribution in [0.25, 0.3) is 0 Å². The van der Waals surface area contributed by atoms with Gasteiger partial charge in [0.15, 0.2) is 0 Å². The number of amides is 2. The molecule has 5 nitrogen and oxygen atoms in total. The fourth-order valence-corrected chi connectivity index (χ4v) is 4.08. The zero-order valence-corrected chi connectivity index (χ0v) is 15.5. The zero-order chi connectivity index (χ0) is 19.2. The molecular weight excluding hydrogens is 345 g/mol. The van der Waals surface area contributed by atoms with Gasteiger partial charge in [-0.3, -0.25) is 9.59 Å². The summed E-state index contributed by atoms with van der Waals surface area (Å²) < 4.78 is 13.5. The third kappa shape index (κ3) is 2.95. The number of carbonyl (C=O) groups excluding carboxylic acids is 2. The minimum atomic E-state index is -0.550. The normalized spacial score (nSPS) is 18.3. The van der Waals surface area contributed by atoms with E-state index in [2.05, 4.69) is 5.32 Å². The van der Waals surface area contributed by atoms with Crippen LogP contribution in [0.3, 0.4) is 0 Å². The summed E-state index contributed by atoms with van der Waals surface area (Å²) in [5, 5.41) is 3.06. The van der Waals surface area contributed by atoms with Crippen LogP contribution in [-0.4, -0.2) is 42.5 Å². The van der Waals surface area contributed by atoms with Gasteiger partial charge < -0.3 is 15.1 Å². The molecule has 2 aliphatic rings. The van der Waals surface area contributed by atoms with Gasteiger partial charge in [0.2, 0.25) is 0 Å². The molecule has 0 unspecified atom stereocenters. The molecule has 0 saturated carbocycles. The quantitative estimate of drug-likeness (QED) is 0.843. The highest BCUT2D eigenvalue weighted by Crippen LogP contribution is 2.36. The molecule has 2 aromatic carbocycles. The average Bonchev–Trinajstić information content (AvgIpc) is 2.66. The third-order valence-electron chi connectivity index (χ3n) is 5.70. The van der Waals surface area contributed by atoms with Gasteiger partial charge in [0.25, 0.3) is 11.8 Å². The third-order valence-corrected chi connectivity index (χ3v) is 5.70. The Hall–Kier alpha value is -2.89. The lowest BCUT2D eigenvalue weighted by atomic mass is 9.90. The number of carbonyl (C=O) groups is 2. The minimum Gasteiger partial charge on any atom is -0.351 e. The molecule has 2 amide bonds. The van der Waals surface area contributed by atoms with E-state index >= 15 is 0 Å². The number of nitrogens with zero attached hydrogens (tertiary/aromatic N) is 2. The Kier molecular flexibility index (Phi) is 4.13. The Bertz CT molecular complexity index is 919. The number of hydrogen-bond acceptors (Lipinski definition) is 3. The largest absolute Gasteiger partial charge is 0.351 e. The van der Waals surface area contributed by atoms with E-state index in [1.54, 1.807) is 6.07 Å². The van der Waals surface area contributed by atoms with Crippen LogP contribution in [0.4, 0.5) is 10.1 Å². The van der Waals surface area contributed by atoms with Crippen molar-refractivity contribution in [3.05, 3.63) is 65.0 Å². The summed E-state index contributed by atoms with van der Waals surface area (Å²) in [6.07, 6.45) is 1.23. The topological polar surface area (TPSA) is 52.7 Å². The maximum absolute atomic E-state index is 13.5. The first-order valence-corrected chi connectivity index (χ1v) is 9.11. The van der Waals surface area contributed by atoms with Gasteiger partial charge in [0.05, 0.1) is 11.3 Å². The lowest BCUT2D eigenvalue weighted by Crippen LogP contribution is -2.67. The van der Waals surface area contributed by atoms with Gasteiger partial charge in [0, 0.05) is 38.5 Å². The molecular formula is C21H22FN3O2. The molecule has 4 rings (SSSR count). The number of anilines is 1. The van der Waals surface area contributed by atoms with Gasteiger partial charge in [-0.05, 0) is 37.3 Å². The van der Waals surface area contributed by atoms with Crippen molar-refractivity contribution in [1.82, 2.24) is 10.2 Å². The molecule has 1 saturated heterocycles. The van der Waals surface area contributed by atoms with Gasteiger partial charge in [-0.25, -0.2) is 4.39 Å². The summed E-state index contributed by atoms with van der Waals surface area (Å²) in [4.78, 5) is 29.2. The SMILES string of the molecule is Cc1cccc(C(=O)N2CCC3(CC2)NC(=O)c2cc(F)ccc2N3C)c1. The van der Waals surface area contributed by atoms with E-state index in [9.17, 15) is 14.0 Å². The Morgan fingerprint density at radius 2 is 1.89 bits per heavy atom. The maximum atomic E-state index is 13.5. The number of piperidine rings is 1. The number of nitrogens with one attached hydrogen (secondary N) is 1. The molecule has 0 aromatic heterocycles. The molecule has 2 heterocycles. The van der Waals surface area contributed by atoms with E-state index in [4.69, 9.17) is 0 Å². The van der Waals surface area contributed by atoms with Crippen molar-refractivity contribution < 1.29 is 14.0 Å².